The summed E-state index contributed by atoms with van der Waals surface area (Å²) in [6, 6.07) is 2.88. The molecule has 0 aliphatic carbocycles. The van der Waals surface area contributed by atoms with Crippen molar-refractivity contribution < 1.29 is 23.1 Å². The van der Waals surface area contributed by atoms with E-state index in [0.29, 0.717) is 25.9 Å². The summed E-state index contributed by atoms with van der Waals surface area (Å²) in [5.74, 6) is -1.24. The number of hydrogen-bond donors (Lipinski definition) is 1. The molecule has 0 saturated carbocycles. The van der Waals surface area contributed by atoms with E-state index in [1.165, 1.54) is 18.9 Å². The van der Waals surface area contributed by atoms with Crippen molar-refractivity contribution in [3.8, 4) is 5.75 Å². The Morgan fingerprint density at radius 2 is 1.69 bits per heavy atom. The zero-order chi connectivity index (χ0) is 20.6. The van der Waals surface area contributed by atoms with Gasteiger partial charge >= 0.3 is 6.03 Å². The second-order valence-electron chi connectivity index (χ2n) is 7.66. The molecule has 29 heavy (non-hydrogen) atoms. The number of hydrogen-bond acceptors (Lipinski definition) is 3. The lowest BCUT2D eigenvalue weighted by atomic mass is 9.95. The number of piperidine rings is 1. The van der Waals surface area contributed by atoms with Gasteiger partial charge in [-0.1, -0.05) is 12.8 Å². The van der Waals surface area contributed by atoms with Crippen LogP contribution in [-0.4, -0.2) is 61.1 Å². The number of benzene rings is 1. The van der Waals surface area contributed by atoms with Crippen LogP contribution < -0.4 is 10.1 Å². The van der Waals surface area contributed by atoms with Crippen molar-refractivity contribution in [1.82, 2.24) is 15.1 Å². The lowest BCUT2D eigenvalue weighted by molar-refractivity contribution is -0.136. The van der Waals surface area contributed by atoms with E-state index in [-0.39, 0.29) is 36.8 Å². The monoisotopic (exact) mass is 409 g/mol. The summed E-state index contributed by atoms with van der Waals surface area (Å²) in [5, 5.41) is 2.74. The molecule has 0 aromatic heterocycles. The summed E-state index contributed by atoms with van der Waals surface area (Å²) < 4.78 is 31.6. The van der Waals surface area contributed by atoms with E-state index in [9.17, 15) is 18.4 Å². The Morgan fingerprint density at radius 1 is 1.00 bits per heavy atom. The predicted molar refractivity (Wildman–Crippen MR) is 105 cm³/mol. The first-order valence-corrected chi connectivity index (χ1v) is 10.4. The number of carbonyl (C=O) groups is 2. The van der Waals surface area contributed by atoms with Gasteiger partial charge in [-0.3, -0.25) is 4.79 Å². The van der Waals surface area contributed by atoms with Crippen molar-refractivity contribution in [3.63, 3.8) is 0 Å². The quantitative estimate of drug-likeness (QED) is 0.760. The van der Waals surface area contributed by atoms with Gasteiger partial charge in [-0.25, -0.2) is 13.6 Å². The Hall–Kier alpha value is -2.38. The number of rotatable bonds is 5. The summed E-state index contributed by atoms with van der Waals surface area (Å²) in [5.41, 5.74) is 0. The van der Waals surface area contributed by atoms with E-state index in [4.69, 9.17) is 4.74 Å². The Bertz CT molecular complexity index is 700. The number of carbonyl (C=O) groups excluding carboxylic acids is 2. The lowest BCUT2D eigenvalue weighted by Crippen LogP contribution is -2.48. The van der Waals surface area contributed by atoms with Gasteiger partial charge in [0.25, 0.3) is 0 Å². The Kier molecular flexibility index (Phi) is 7.66. The summed E-state index contributed by atoms with van der Waals surface area (Å²) in [6.07, 6.45) is 5.91. The highest BCUT2D eigenvalue weighted by Crippen LogP contribution is 2.22. The van der Waals surface area contributed by atoms with E-state index in [2.05, 4.69) is 5.32 Å². The first-order valence-electron chi connectivity index (χ1n) is 10.4. The lowest BCUT2D eigenvalue weighted by Gasteiger charge is -2.34. The summed E-state index contributed by atoms with van der Waals surface area (Å²) in [6.45, 7) is 3.09. The van der Waals surface area contributed by atoms with Gasteiger partial charge in [-0.15, -0.1) is 0 Å². The number of halogens is 2. The SMILES string of the molecule is O=C(NCCOc1ccc(F)cc1F)N1CCC(C(=O)N2CCCCCC2)CC1. The highest BCUT2D eigenvalue weighted by atomic mass is 19.1. The molecule has 0 unspecified atom stereocenters. The highest BCUT2D eigenvalue weighted by molar-refractivity contribution is 5.80. The average molecular weight is 409 g/mol. The molecule has 3 amide bonds. The van der Waals surface area contributed by atoms with Crippen LogP contribution in [0.5, 0.6) is 5.75 Å². The number of nitrogens with zero attached hydrogens (tertiary/aromatic N) is 2. The Balaban J connectivity index is 1.35. The van der Waals surface area contributed by atoms with Gasteiger partial charge in [0.2, 0.25) is 5.91 Å². The second-order valence-corrected chi connectivity index (χ2v) is 7.66. The van der Waals surface area contributed by atoms with Gasteiger partial charge in [0.05, 0.1) is 6.54 Å². The molecule has 2 aliphatic rings. The first kappa shape index (κ1) is 21.3. The molecule has 0 spiro atoms. The molecule has 8 heteroatoms. The fourth-order valence-corrected chi connectivity index (χ4v) is 3.90. The maximum Gasteiger partial charge on any atom is 0.317 e. The van der Waals surface area contributed by atoms with Gasteiger partial charge in [0.1, 0.15) is 12.4 Å². The van der Waals surface area contributed by atoms with Crippen molar-refractivity contribution in [2.45, 2.75) is 38.5 Å². The van der Waals surface area contributed by atoms with Gasteiger partial charge in [0.15, 0.2) is 11.6 Å². The molecule has 0 bridgehead atoms. The van der Waals surface area contributed by atoms with Gasteiger partial charge in [-0.2, -0.15) is 0 Å². The highest BCUT2D eigenvalue weighted by Gasteiger charge is 2.30. The van der Waals surface area contributed by atoms with E-state index in [1.54, 1.807) is 4.90 Å². The van der Waals surface area contributed by atoms with Crippen LogP contribution in [0.1, 0.15) is 38.5 Å². The minimum absolute atomic E-state index is 0.00179. The van der Waals surface area contributed by atoms with Crippen LogP contribution in [0.4, 0.5) is 13.6 Å². The normalized spacial score (nSPS) is 18.3. The molecule has 160 valence electrons. The third-order valence-electron chi connectivity index (χ3n) is 5.58. The van der Waals surface area contributed by atoms with E-state index in [1.807, 2.05) is 4.90 Å². The largest absolute Gasteiger partial charge is 0.489 e. The first-order chi connectivity index (χ1) is 14.0. The summed E-state index contributed by atoms with van der Waals surface area (Å²) in [4.78, 5) is 28.7. The smallest absolute Gasteiger partial charge is 0.317 e. The molecule has 1 N–H and O–H groups in total. The fourth-order valence-electron chi connectivity index (χ4n) is 3.90. The van der Waals surface area contributed by atoms with Crippen LogP contribution in [0.25, 0.3) is 0 Å². The molecular formula is C21H29F2N3O3. The number of amides is 3. The number of nitrogens with one attached hydrogen (secondary N) is 1. The standard InChI is InChI=1S/C21H29F2N3O3/c22-17-5-6-19(18(23)15-17)29-14-9-24-21(28)26-12-7-16(8-13-26)20(27)25-10-3-1-2-4-11-25/h5-6,15-16H,1-4,7-14H2,(H,24,28). The molecule has 2 aliphatic heterocycles. The van der Waals surface area contributed by atoms with Crippen molar-refractivity contribution in [2.24, 2.45) is 5.92 Å². The zero-order valence-corrected chi connectivity index (χ0v) is 16.7. The summed E-state index contributed by atoms with van der Waals surface area (Å²) in [7, 11) is 0. The van der Waals surface area contributed by atoms with Crippen molar-refractivity contribution in [3.05, 3.63) is 29.8 Å². The van der Waals surface area contributed by atoms with Crippen LogP contribution >= 0.6 is 0 Å². The maximum atomic E-state index is 13.5. The van der Waals surface area contributed by atoms with Gasteiger partial charge in [0, 0.05) is 38.2 Å². The van der Waals surface area contributed by atoms with E-state index in [0.717, 1.165) is 38.1 Å². The minimum atomic E-state index is -0.771. The van der Waals surface area contributed by atoms with Crippen molar-refractivity contribution in [1.29, 1.82) is 0 Å². The van der Waals surface area contributed by atoms with Gasteiger partial charge < -0.3 is 19.9 Å². The Morgan fingerprint density at radius 3 is 2.34 bits per heavy atom. The average Bonchev–Trinajstić information content (AvgIpc) is 3.01. The Labute approximate surface area is 170 Å². The zero-order valence-electron chi connectivity index (χ0n) is 16.7. The molecule has 0 radical (unpaired) electrons. The minimum Gasteiger partial charge on any atom is -0.489 e. The second kappa shape index (κ2) is 10.4. The van der Waals surface area contributed by atoms with Crippen LogP contribution in [0.15, 0.2) is 18.2 Å². The van der Waals surface area contributed by atoms with Crippen LogP contribution in [0.3, 0.4) is 0 Å². The van der Waals surface area contributed by atoms with Crippen LogP contribution in [-0.2, 0) is 4.79 Å². The molecule has 1 aromatic rings. The molecule has 0 atom stereocenters. The predicted octanol–water partition coefficient (Wildman–Crippen LogP) is 3.17. The van der Waals surface area contributed by atoms with Crippen molar-refractivity contribution in [2.75, 3.05) is 39.3 Å². The van der Waals surface area contributed by atoms with Crippen LogP contribution in [0.2, 0.25) is 0 Å². The maximum absolute atomic E-state index is 13.5. The van der Waals surface area contributed by atoms with E-state index < -0.39 is 11.6 Å². The van der Waals surface area contributed by atoms with Gasteiger partial charge in [-0.05, 0) is 37.8 Å². The number of likely N-dealkylation sites (tertiary alicyclic amines) is 2. The summed E-state index contributed by atoms with van der Waals surface area (Å²) >= 11 is 0. The molecule has 6 nitrogen and oxygen atoms in total. The molecule has 1 aromatic carbocycles. The molecule has 2 heterocycles. The number of ether oxygens (including phenoxy) is 1. The third kappa shape index (κ3) is 6.05. The molecular weight excluding hydrogens is 380 g/mol. The molecule has 3 rings (SSSR count). The number of urea groups is 1. The third-order valence-corrected chi connectivity index (χ3v) is 5.58. The van der Waals surface area contributed by atoms with Crippen LogP contribution in [0, 0.1) is 17.6 Å². The van der Waals surface area contributed by atoms with E-state index >= 15 is 0 Å². The molecule has 2 saturated heterocycles. The fraction of sp³-hybridized carbons (Fsp3) is 0.619. The molecule has 2 fully saturated rings. The van der Waals surface area contributed by atoms with Crippen molar-refractivity contribution >= 4 is 11.9 Å². The topological polar surface area (TPSA) is 61.9 Å².